The number of amides is 3. The van der Waals surface area contributed by atoms with Crippen LogP contribution in [0.2, 0.25) is 0 Å². The highest BCUT2D eigenvalue weighted by molar-refractivity contribution is 6.06. The molecule has 47 heavy (non-hydrogen) atoms. The number of hydrogen-bond donors (Lipinski definition) is 2. The highest BCUT2D eigenvalue weighted by atomic mass is 16.5. The van der Waals surface area contributed by atoms with E-state index in [-0.39, 0.29) is 17.7 Å². The molecule has 1 aliphatic rings. The monoisotopic (exact) mass is 621 g/mol. The second-order valence-corrected chi connectivity index (χ2v) is 11.3. The van der Waals surface area contributed by atoms with Crippen LogP contribution in [0.1, 0.15) is 39.9 Å². The molecule has 7 heteroatoms. The maximum Gasteiger partial charge on any atom is 0.259 e. The smallest absolute Gasteiger partial charge is 0.259 e. The van der Waals surface area contributed by atoms with Crippen LogP contribution in [-0.4, -0.2) is 35.2 Å². The Kier molecular flexibility index (Phi) is 9.83. The third kappa shape index (κ3) is 8.21. The van der Waals surface area contributed by atoms with Crippen molar-refractivity contribution in [1.29, 1.82) is 0 Å². The van der Waals surface area contributed by atoms with Crippen LogP contribution >= 0.6 is 0 Å². The van der Waals surface area contributed by atoms with Gasteiger partial charge in [0.15, 0.2) is 0 Å². The summed E-state index contributed by atoms with van der Waals surface area (Å²) < 4.78 is 5.94. The van der Waals surface area contributed by atoms with Crippen LogP contribution in [0.25, 0.3) is 12.2 Å². The Labute approximate surface area is 274 Å². The van der Waals surface area contributed by atoms with Gasteiger partial charge in [0.05, 0.1) is 12.0 Å². The Hall–Kier alpha value is -5.95. The molecule has 5 aromatic rings. The van der Waals surface area contributed by atoms with Gasteiger partial charge < -0.3 is 20.3 Å². The normalized spacial score (nSPS) is 14.1. The van der Waals surface area contributed by atoms with Crippen molar-refractivity contribution >= 4 is 41.2 Å². The lowest BCUT2D eigenvalue weighted by Gasteiger charge is -2.24. The van der Waals surface area contributed by atoms with Gasteiger partial charge in [-0.2, -0.15) is 0 Å². The highest BCUT2D eigenvalue weighted by Crippen LogP contribution is 2.26. The van der Waals surface area contributed by atoms with Crippen molar-refractivity contribution < 1.29 is 19.1 Å². The van der Waals surface area contributed by atoms with E-state index in [0.717, 1.165) is 23.1 Å². The predicted octanol–water partition coefficient (Wildman–Crippen LogP) is 8.07. The molecule has 1 atom stereocenters. The number of rotatable bonds is 10. The molecule has 0 aliphatic carbocycles. The number of anilines is 2. The van der Waals surface area contributed by atoms with E-state index in [4.69, 9.17) is 4.74 Å². The summed E-state index contributed by atoms with van der Waals surface area (Å²) in [6.07, 6.45) is 5.73. The molecule has 0 bridgehead atoms. The molecule has 3 amide bonds. The maximum absolute atomic E-state index is 13.1. The molecule has 0 radical (unpaired) electrons. The number of nitrogens with one attached hydrogen (secondary N) is 2. The van der Waals surface area contributed by atoms with Crippen LogP contribution in [0.15, 0.2) is 133 Å². The summed E-state index contributed by atoms with van der Waals surface area (Å²) >= 11 is 0. The third-order valence-corrected chi connectivity index (χ3v) is 7.99. The van der Waals surface area contributed by atoms with Crippen LogP contribution < -0.4 is 15.4 Å². The fraction of sp³-hybridized carbons (Fsp3) is 0.125. The minimum absolute atomic E-state index is 0.0245. The van der Waals surface area contributed by atoms with Gasteiger partial charge in [-0.25, -0.2) is 0 Å². The molecular weight excluding hydrogens is 586 g/mol. The number of nitrogens with zero attached hydrogens (tertiary/aromatic N) is 1. The minimum atomic E-state index is -0.462. The Morgan fingerprint density at radius 2 is 1.26 bits per heavy atom. The molecule has 0 aromatic heterocycles. The Balaban J connectivity index is 1.01. The lowest BCUT2D eigenvalue weighted by molar-refractivity contribution is -0.136. The molecule has 0 spiro atoms. The number of carbonyl (C=O) groups excluding carboxylic acids is 3. The summed E-state index contributed by atoms with van der Waals surface area (Å²) in [6, 6.07) is 40.8. The number of likely N-dealkylation sites (tertiary alicyclic amines) is 1. The van der Waals surface area contributed by atoms with Crippen molar-refractivity contribution in [1.82, 2.24) is 4.90 Å². The molecular formula is C40H35N3O4. The largest absolute Gasteiger partial charge is 0.457 e. The zero-order chi connectivity index (χ0) is 32.4. The minimum Gasteiger partial charge on any atom is -0.457 e. The quantitative estimate of drug-likeness (QED) is 0.154. The average Bonchev–Trinajstić information content (AvgIpc) is 3.61. The lowest BCUT2D eigenvalue weighted by Crippen LogP contribution is -2.43. The van der Waals surface area contributed by atoms with Gasteiger partial charge in [-0.1, -0.05) is 97.1 Å². The summed E-state index contributed by atoms with van der Waals surface area (Å²) in [7, 11) is 0. The van der Waals surface area contributed by atoms with E-state index in [1.165, 1.54) is 0 Å². The second-order valence-electron chi connectivity index (χ2n) is 11.3. The first-order valence-corrected chi connectivity index (χ1v) is 15.7. The van der Waals surface area contributed by atoms with Gasteiger partial charge in [0.1, 0.15) is 17.5 Å². The number of para-hydroxylation sites is 2. The molecule has 2 N–H and O–H groups in total. The highest BCUT2D eigenvalue weighted by Gasteiger charge is 2.33. The SMILES string of the molecule is O=C(Nc1ccc(/C=C/c2ccc(NC(=O)[C@@H]3CCCN3C(=O)Cc3ccccc3)cc2)cc1)c1ccccc1Oc1ccccc1. The first kappa shape index (κ1) is 31.0. The number of benzene rings is 5. The van der Waals surface area contributed by atoms with E-state index in [2.05, 4.69) is 10.6 Å². The van der Waals surface area contributed by atoms with E-state index in [9.17, 15) is 14.4 Å². The molecule has 0 unspecified atom stereocenters. The van der Waals surface area contributed by atoms with Crippen molar-refractivity contribution in [3.63, 3.8) is 0 Å². The third-order valence-electron chi connectivity index (χ3n) is 7.99. The molecule has 1 saturated heterocycles. The van der Waals surface area contributed by atoms with Crippen molar-refractivity contribution in [2.24, 2.45) is 0 Å². The van der Waals surface area contributed by atoms with Crippen molar-refractivity contribution in [3.05, 3.63) is 156 Å². The summed E-state index contributed by atoms with van der Waals surface area (Å²) in [6.45, 7) is 0.596. The Bertz CT molecular complexity index is 1850. The Morgan fingerprint density at radius 3 is 1.91 bits per heavy atom. The average molecular weight is 622 g/mol. The molecule has 234 valence electrons. The van der Waals surface area contributed by atoms with Gasteiger partial charge in [-0.15, -0.1) is 0 Å². The van der Waals surface area contributed by atoms with Gasteiger partial charge >= 0.3 is 0 Å². The molecule has 7 nitrogen and oxygen atoms in total. The molecule has 1 fully saturated rings. The number of hydrogen-bond acceptors (Lipinski definition) is 4. The van der Waals surface area contributed by atoms with E-state index < -0.39 is 6.04 Å². The van der Waals surface area contributed by atoms with Crippen LogP contribution in [0.4, 0.5) is 11.4 Å². The van der Waals surface area contributed by atoms with Crippen molar-refractivity contribution in [2.45, 2.75) is 25.3 Å². The van der Waals surface area contributed by atoms with Gasteiger partial charge in [0.25, 0.3) is 5.91 Å². The summed E-state index contributed by atoms with van der Waals surface area (Å²) in [5.41, 5.74) is 4.68. The summed E-state index contributed by atoms with van der Waals surface area (Å²) in [4.78, 5) is 40.8. The lowest BCUT2D eigenvalue weighted by atomic mass is 10.1. The van der Waals surface area contributed by atoms with Crippen LogP contribution in [0.3, 0.4) is 0 Å². The predicted molar refractivity (Wildman–Crippen MR) is 186 cm³/mol. The molecule has 0 saturated carbocycles. The standard InChI is InChI=1S/C40H35N3O4/c44-38(28-31-10-3-1-4-11-31)43-27-9-15-36(43)40(46)42-33-25-21-30(22-26-33)18-17-29-19-23-32(24-20-29)41-39(45)35-14-7-8-16-37(35)47-34-12-5-2-6-13-34/h1-8,10-14,16-26,36H,9,15,27-28H2,(H,41,45)(H,42,46)/b18-17+/t36-/m0/s1. The number of carbonyl (C=O) groups is 3. The van der Waals surface area contributed by atoms with Crippen LogP contribution in [-0.2, 0) is 16.0 Å². The van der Waals surface area contributed by atoms with Gasteiger partial charge in [-0.05, 0) is 78.1 Å². The zero-order valence-corrected chi connectivity index (χ0v) is 25.8. The molecule has 1 heterocycles. The van der Waals surface area contributed by atoms with Crippen molar-refractivity contribution in [3.8, 4) is 11.5 Å². The van der Waals surface area contributed by atoms with Crippen LogP contribution in [0.5, 0.6) is 11.5 Å². The zero-order valence-electron chi connectivity index (χ0n) is 25.8. The van der Waals surface area contributed by atoms with Gasteiger partial charge in [0.2, 0.25) is 11.8 Å². The van der Waals surface area contributed by atoms with Gasteiger partial charge in [-0.3, -0.25) is 14.4 Å². The second kappa shape index (κ2) is 14.9. The summed E-state index contributed by atoms with van der Waals surface area (Å²) in [5.74, 6) is 0.698. The maximum atomic E-state index is 13.1. The van der Waals surface area contributed by atoms with Crippen LogP contribution in [0, 0.1) is 0 Å². The topological polar surface area (TPSA) is 87.7 Å². The fourth-order valence-electron chi connectivity index (χ4n) is 5.54. The molecule has 6 rings (SSSR count). The Morgan fingerprint density at radius 1 is 0.681 bits per heavy atom. The fourth-order valence-corrected chi connectivity index (χ4v) is 5.54. The number of ether oxygens (including phenoxy) is 1. The van der Waals surface area contributed by atoms with E-state index >= 15 is 0 Å². The van der Waals surface area contributed by atoms with Crippen molar-refractivity contribution in [2.75, 3.05) is 17.2 Å². The van der Waals surface area contributed by atoms with E-state index in [1.807, 2.05) is 127 Å². The first-order valence-electron chi connectivity index (χ1n) is 15.7. The first-order chi connectivity index (χ1) is 23.0. The van der Waals surface area contributed by atoms with E-state index in [1.54, 1.807) is 23.1 Å². The van der Waals surface area contributed by atoms with E-state index in [0.29, 0.717) is 47.8 Å². The summed E-state index contributed by atoms with van der Waals surface area (Å²) in [5, 5.41) is 5.93. The van der Waals surface area contributed by atoms with Gasteiger partial charge in [0, 0.05) is 17.9 Å². The molecule has 5 aromatic carbocycles. The molecule has 1 aliphatic heterocycles.